The molecule has 10 aliphatic rings. The van der Waals surface area contributed by atoms with E-state index in [9.17, 15) is 102 Å². The van der Waals surface area contributed by atoms with Crippen molar-refractivity contribution in [1.29, 1.82) is 0 Å². The Hall–Kier alpha value is -2.36. The van der Waals surface area contributed by atoms with Gasteiger partial charge in [-0.15, -0.1) is 0 Å². The third-order valence-electron chi connectivity index (χ3n) is 11.4. The van der Waals surface area contributed by atoms with Gasteiger partial charge in [-0.3, -0.25) is 0 Å². The predicted molar refractivity (Wildman–Crippen MR) is 200 cm³/mol. The van der Waals surface area contributed by atoms with Crippen LogP contribution in [0.3, 0.4) is 0 Å². The second kappa shape index (κ2) is 24.0. The summed E-state index contributed by atoms with van der Waals surface area (Å²) in [6.07, 6.45) is -51.2. The molecule has 30 nitrogen and oxygen atoms in total. The quantitative estimate of drug-likeness (QED) is 0.107. The van der Waals surface area contributed by atoms with Gasteiger partial charge in [0.05, 0.1) is 26.4 Å². The Bertz CT molecular complexity index is 1570. The van der Waals surface area contributed by atoms with E-state index in [4.69, 9.17) is 47.4 Å². The fourth-order valence-electron chi connectivity index (χ4n) is 7.75. The highest BCUT2D eigenvalue weighted by Gasteiger charge is 2.55. The van der Waals surface area contributed by atoms with E-state index in [1.54, 1.807) is 0 Å². The molecule has 4 fully saturated rings. The maximum atomic E-state index is 11.2. The fourth-order valence-corrected chi connectivity index (χ4v) is 7.75. The first-order chi connectivity index (χ1) is 31.3. The number of ether oxygens (including phenoxy) is 10. The van der Waals surface area contributed by atoms with Crippen LogP contribution in [-0.4, -0.2) is 289 Å². The van der Waals surface area contributed by atoms with Crippen LogP contribution >= 0.6 is 0 Å². The molecule has 4 saturated heterocycles. The minimum absolute atomic E-state index is 0.648. The third-order valence-corrected chi connectivity index (χ3v) is 11.4. The minimum atomic E-state index is -2.68. The lowest BCUT2D eigenvalue weighted by atomic mass is 9.96. The molecule has 384 valence electrons. The molecule has 0 aromatic rings. The Morgan fingerprint density at radius 2 is 0.530 bits per heavy atom. The zero-order valence-corrected chi connectivity index (χ0v) is 34.5. The molecule has 24 atom stereocenters. The highest BCUT2D eigenvalue weighted by molar-refractivity contribution is 5.10. The van der Waals surface area contributed by atoms with Crippen LogP contribution < -0.4 is 0 Å². The number of fused-ring (bicyclic) bond motifs is 2. The standard InChI is InChI=1S/C36H60O30/c37-3-1-9-15(43)22(50)32(56)64-28-12(6-40)61-35(25(53)18(28)46)66-30-14(8-42)62-36(26(54)20(30)48)65-29-13(7-41)60-34(24(52)19(29)47)58-10(2-4-38)16(44)21(49)31(55)63-27-11(5-39)59-33(57-9)23(51)17(27)45/h9-14,17-20,23-56H,1-8H2/b21-16?,22-15+/t9-,10-,11?,12?,13?,14?,17?,18?,19?,20?,23?,24+,25?,26?,27-,28-,29-,30-,31-,32-,33+,34?,35-,36-/m1/s1. The van der Waals surface area contributed by atoms with Crippen LogP contribution in [0.2, 0.25) is 0 Å². The molecule has 66 heavy (non-hydrogen) atoms. The molecule has 10 rings (SSSR count). The molecule has 0 amide bonds. The first-order valence-corrected chi connectivity index (χ1v) is 20.5. The van der Waals surface area contributed by atoms with Crippen LogP contribution in [0.1, 0.15) is 12.8 Å². The normalized spacial score (nSPS) is 48.5. The summed E-state index contributed by atoms with van der Waals surface area (Å²) in [5.41, 5.74) is 0. The molecular formula is C36H60O30. The van der Waals surface area contributed by atoms with Gasteiger partial charge in [0.1, 0.15) is 110 Å². The van der Waals surface area contributed by atoms with Gasteiger partial charge in [-0.25, -0.2) is 0 Å². The Morgan fingerprint density at radius 1 is 0.288 bits per heavy atom. The van der Waals surface area contributed by atoms with Crippen LogP contribution in [0.15, 0.2) is 23.0 Å². The van der Waals surface area contributed by atoms with Crippen molar-refractivity contribution < 1.29 is 149 Å². The second-order valence-corrected chi connectivity index (χ2v) is 15.7. The molecule has 0 aliphatic carbocycles. The highest BCUT2D eigenvalue weighted by atomic mass is 16.8. The second-order valence-electron chi connectivity index (χ2n) is 15.7. The summed E-state index contributed by atoms with van der Waals surface area (Å²) in [4.78, 5) is 0. The highest BCUT2D eigenvalue weighted by Crippen LogP contribution is 2.35. The molecule has 0 aromatic carbocycles. The summed E-state index contributed by atoms with van der Waals surface area (Å²) in [6.45, 7) is -5.92. The van der Waals surface area contributed by atoms with Gasteiger partial charge >= 0.3 is 0 Å². The fraction of sp³-hybridized carbons (Fsp3) is 0.889. The smallest absolute Gasteiger partial charge is 0.218 e. The van der Waals surface area contributed by atoms with Crippen molar-refractivity contribution in [2.24, 2.45) is 0 Å². The van der Waals surface area contributed by atoms with Crippen molar-refractivity contribution in [2.75, 3.05) is 39.6 Å². The van der Waals surface area contributed by atoms with Crippen molar-refractivity contribution in [2.45, 2.75) is 160 Å². The number of hydrogen-bond acceptors (Lipinski definition) is 30. The Balaban J connectivity index is 1.52. The zero-order chi connectivity index (χ0) is 48.9. The summed E-state index contributed by atoms with van der Waals surface area (Å²) in [5.74, 6) is -5.62. The summed E-state index contributed by atoms with van der Waals surface area (Å²) >= 11 is 0. The number of hydrogen-bond donors (Lipinski definition) is 20. The first-order valence-electron chi connectivity index (χ1n) is 20.5. The average molecular weight is 973 g/mol. The minimum Gasteiger partial charge on any atom is -0.506 e. The van der Waals surface area contributed by atoms with Gasteiger partial charge in [-0.05, 0) is 0 Å². The molecule has 0 aromatic heterocycles. The van der Waals surface area contributed by atoms with Crippen molar-refractivity contribution in [3.63, 3.8) is 0 Å². The number of aliphatic hydroxyl groups is 20. The van der Waals surface area contributed by atoms with Crippen LogP contribution in [-0.2, 0) is 47.4 Å². The van der Waals surface area contributed by atoms with Crippen LogP contribution in [0.4, 0.5) is 0 Å². The summed E-state index contributed by atoms with van der Waals surface area (Å²) in [7, 11) is 0. The molecule has 8 bridgehead atoms. The van der Waals surface area contributed by atoms with Gasteiger partial charge in [0.15, 0.2) is 48.2 Å². The lowest BCUT2D eigenvalue weighted by molar-refractivity contribution is -0.383. The van der Waals surface area contributed by atoms with E-state index in [2.05, 4.69) is 0 Å². The summed E-state index contributed by atoms with van der Waals surface area (Å²) < 4.78 is 54.8. The summed E-state index contributed by atoms with van der Waals surface area (Å²) in [5, 5.41) is 214. The average Bonchev–Trinajstić information content (AvgIpc) is 3.30. The van der Waals surface area contributed by atoms with Gasteiger partial charge < -0.3 is 149 Å². The molecule has 10 heterocycles. The van der Waals surface area contributed by atoms with Crippen LogP contribution in [0, 0.1) is 0 Å². The van der Waals surface area contributed by atoms with E-state index in [1.165, 1.54) is 0 Å². The van der Waals surface area contributed by atoms with Crippen molar-refractivity contribution >= 4 is 0 Å². The van der Waals surface area contributed by atoms with Gasteiger partial charge in [0, 0.05) is 26.1 Å². The maximum Gasteiger partial charge on any atom is 0.218 e. The predicted octanol–water partition coefficient (Wildman–Crippen LogP) is -9.88. The van der Waals surface area contributed by atoms with Crippen molar-refractivity contribution in [3.05, 3.63) is 23.0 Å². The Kier molecular flexibility index (Phi) is 19.8. The first kappa shape index (κ1) is 54.6. The lowest BCUT2D eigenvalue weighted by Crippen LogP contribution is -2.67. The van der Waals surface area contributed by atoms with E-state index in [0.29, 0.717) is 0 Å². The lowest BCUT2D eigenvalue weighted by Gasteiger charge is -2.48. The Labute approximate surface area is 372 Å². The van der Waals surface area contributed by atoms with E-state index in [0.717, 1.165) is 0 Å². The van der Waals surface area contributed by atoms with Crippen LogP contribution in [0.5, 0.6) is 0 Å². The van der Waals surface area contributed by atoms with Crippen molar-refractivity contribution in [1.82, 2.24) is 0 Å². The van der Waals surface area contributed by atoms with E-state index >= 15 is 0 Å². The molecule has 0 saturated carbocycles. The number of aliphatic hydroxyl groups excluding tert-OH is 20. The molecule has 10 aliphatic heterocycles. The number of rotatable bonds is 8. The van der Waals surface area contributed by atoms with Gasteiger partial charge in [0.2, 0.25) is 12.6 Å². The molecule has 12 unspecified atom stereocenters. The molecule has 30 heteroatoms. The van der Waals surface area contributed by atoms with Gasteiger partial charge in [-0.2, -0.15) is 0 Å². The zero-order valence-electron chi connectivity index (χ0n) is 34.5. The Morgan fingerprint density at radius 3 is 0.773 bits per heavy atom. The molecule has 0 radical (unpaired) electrons. The monoisotopic (exact) mass is 972 g/mol. The van der Waals surface area contributed by atoms with E-state index < -0.39 is 223 Å². The van der Waals surface area contributed by atoms with Crippen LogP contribution in [0.25, 0.3) is 0 Å². The van der Waals surface area contributed by atoms with Gasteiger partial charge in [0.25, 0.3) is 0 Å². The molecular weight excluding hydrogens is 912 g/mol. The van der Waals surface area contributed by atoms with E-state index in [-0.39, 0.29) is 0 Å². The summed E-state index contributed by atoms with van der Waals surface area (Å²) in [6, 6.07) is 0. The largest absolute Gasteiger partial charge is 0.506 e. The van der Waals surface area contributed by atoms with Crippen molar-refractivity contribution in [3.8, 4) is 0 Å². The maximum absolute atomic E-state index is 11.2. The van der Waals surface area contributed by atoms with Gasteiger partial charge in [-0.1, -0.05) is 0 Å². The molecule has 20 N–H and O–H groups in total. The van der Waals surface area contributed by atoms with E-state index in [1.807, 2.05) is 0 Å². The SMILES string of the molecule is OCC[C@H]1OC2OC(CO)[C@@H](O[C@H]3OC(CO)[C@@H](O[C@H]4OC(CO)[C@@H](O[C@@H](O)/C(O)=C(\O)[C@@H](CCO)O[C@H]5OC(CO)[C@@H](O[C@@H](O)C(O)=C1O)C(O)C5O)C(O)C4O)C(O)C3O)C(O)[C@@H]2O. The molecule has 0 spiro atoms. The third kappa shape index (κ3) is 11.6. The topological polar surface area (TPSA) is 497 Å².